The highest BCUT2D eigenvalue weighted by Gasteiger charge is 2.11. The molecule has 1 N–H and O–H groups in total. The summed E-state index contributed by atoms with van der Waals surface area (Å²) in [5.41, 5.74) is 1.13. The average molecular weight is 390 g/mol. The molecule has 6 heteroatoms. The first-order chi connectivity index (χ1) is 8.58. The van der Waals surface area contributed by atoms with E-state index >= 15 is 0 Å². The number of amides is 1. The Balaban J connectivity index is 2.27. The van der Waals surface area contributed by atoms with E-state index in [0.29, 0.717) is 11.3 Å². The summed E-state index contributed by atoms with van der Waals surface area (Å²) < 4.78 is 1.59. The second-order valence-electron chi connectivity index (χ2n) is 3.42. The fraction of sp³-hybridized carbons (Fsp3) is 0. The Morgan fingerprint density at radius 3 is 2.50 bits per heavy atom. The molecule has 18 heavy (non-hydrogen) atoms. The number of carbonyl (C=O) groups excluding carboxylic acids is 1. The van der Waals surface area contributed by atoms with Gasteiger partial charge in [0.1, 0.15) is 5.15 Å². The summed E-state index contributed by atoms with van der Waals surface area (Å²) in [6.07, 6.45) is 1.49. The lowest BCUT2D eigenvalue weighted by molar-refractivity contribution is 0.102. The molecule has 92 valence electrons. The molecule has 0 radical (unpaired) electrons. The Bertz CT molecular complexity index is 584. The number of hydrogen-bond donors (Lipinski definition) is 1. The van der Waals surface area contributed by atoms with Crippen molar-refractivity contribution in [3.8, 4) is 0 Å². The number of pyridine rings is 1. The number of aromatic nitrogens is 1. The van der Waals surface area contributed by atoms with Crippen LogP contribution in [-0.4, -0.2) is 10.9 Å². The van der Waals surface area contributed by atoms with Gasteiger partial charge >= 0.3 is 0 Å². The van der Waals surface area contributed by atoms with E-state index in [-0.39, 0.29) is 11.1 Å². The Labute approximate surface area is 126 Å². The van der Waals surface area contributed by atoms with Crippen molar-refractivity contribution in [1.29, 1.82) is 0 Å². The van der Waals surface area contributed by atoms with Gasteiger partial charge in [0.2, 0.25) is 0 Å². The fourth-order valence-corrected chi connectivity index (χ4v) is 2.72. The lowest BCUT2D eigenvalue weighted by Gasteiger charge is -2.09. The molecule has 0 unspecified atom stereocenters. The van der Waals surface area contributed by atoms with E-state index in [1.165, 1.54) is 12.3 Å². The molecular weight excluding hydrogens is 383 g/mol. The van der Waals surface area contributed by atoms with Gasteiger partial charge in [-0.2, -0.15) is 0 Å². The zero-order valence-electron chi connectivity index (χ0n) is 8.95. The van der Waals surface area contributed by atoms with Gasteiger partial charge in [0.25, 0.3) is 5.91 Å². The maximum atomic E-state index is 12.0. The Hall–Kier alpha value is -0.910. The van der Waals surface area contributed by atoms with E-state index in [1.54, 1.807) is 6.07 Å². The van der Waals surface area contributed by atoms with Gasteiger partial charge in [0.15, 0.2) is 0 Å². The maximum absolute atomic E-state index is 12.0. The molecule has 0 aliphatic carbocycles. The van der Waals surface area contributed by atoms with Crippen LogP contribution in [0, 0.1) is 0 Å². The Kier molecular flexibility index (Phi) is 4.37. The number of benzene rings is 1. The molecule has 0 aliphatic rings. The first-order valence-corrected chi connectivity index (χ1v) is 6.91. The van der Waals surface area contributed by atoms with Crippen molar-refractivity contribution in [2.24, 2.45) is 0 Å². The van der Waals surface area contributed by atoms with E-state index in [2.05, 4.69) is 42.2 Å². The summed E-state index contributed by atoms with van der Waals surface area (Å²) in [7, 11) is 0. The molecule has 0 aliphatic heterocycles. The van der Waals surface area contributed by atoms with Gasteiger partial charge in [0.05, 0.1) is 5.69 Å². The number of nitrogens with one attached hydrogen (secondary N) is 1. The van der Waals surface area contributed by atoms with Crippen molar-refractivity contribution in [1.82, 2.24) is 4.98 Å². The minimum absolute atomic E-state index is 0.244. The van der Waals surface area contributed by atoms with E-state index in [0.717, 1.165) is 8.95 Å². The van der Waals surface area contributed by atoms with Crippen LogP contribution < -0.4 is 5.32 Å². The highest BCUT2D eigenvalue weighted by atomic mass is 79.9. The lowest BCUT2D eigenvalue weighted by Crippen LogP contribution is -2.12. The Morgan fingerprint density at radius 1 is 1.22 bits per heavy atom. The van der Waals surface area contributed by atoms with Crippen LogP contribution in [0.2, 0.25) is 5.15 Å². The summed E-state index contributed by atoms with van der Waals surface area (Å²) in [5.74, 6) is -0.244. The summed E-state index contributed by atoms with van der Waals surface area (Å²) in [6.45, 7) is 0. The third-order valence-electron chi connectivity index (χ3n) is 2.19. The third-order valence-corrected chi connectivity index (χ3v) is 3.72. The number of hydrogen-bond acceptors (Lipinski definition) is 2. The maximum Gasteiger partial charge on any atom is 0.255 e. The topological polar surface area (TPSA) is 42.0 Å². The molecule has 0 fully saturated rings. The largest absolute Gasteiger partial charge is 0.320 e. The zero-order chi connectivity index (χ0) is 13.1. The fourth-order valence-electron chi connectivity index (χ4n) is 1.35. The van der Waals surface area contributed by atoms with Gasteiger partial charge < -0.3 is 5.32 Å². The number of nitrogens with zero attached hydrogens (tertiary/aromatic N) is 1. The van der Waals surface area contributed by atoms with Gasteiger partial charge in [-0.25, -0.2) is 4.98 Å². The molecule has 2 rings (SSSR count). The van der Waals surface area contributed by atoms with Crippen molar-refractivity contribution < 1.29 is 4.79 Å². The first-order valence-electron chi connectivity index (χ1n) is 4.95. The van der Waals surface area contributed by atoms with Crippen LogP contribution in [0.1, 0.15) is 10.4 Å². The summed E-state index contributed by atoms with van der Waals surface area (Å²) >= 11 is 12.5. The molecule has 0 spiro atoms. The molecule has 0 atom stereocenters. The first kappa shape index (κ1) is 13.5. The molecule has 1 heterocycles. The average Bonchev–Trinajstić information content (AvgIpc) is 2.34. The summed E-state index contributed by atoms with van der Waals surface area (Å²) in [5, 5.41) is 3.09. The van der Waals surface area contributed by atoms with E-state index in [1.807, 2.05) is 18.2 Å². The number of carbonyl (C=O) groups is 1. The summed E-state index contributed by atoms with van der Waals surface area (Å²) in [4.78, 5) is 15.9. The van der Waals surface area contributed by atoms with Crippen molar-refractivity contribution in [3.63, 3.8) is 0 Å². The van der Waals surface area contributed by atoms with Crippen molar-refractivity contribution >= 4 is 55.1 Å². The van der Waals surface area contributed by atoms with E-state index in [9.17, 15) is 4.79 Å². The highest BCUT2D eigenvalue weighted by Crippen LogP contribution is 2.30. The van der Waals surface area contributed by atoms with Gasteiger partial charge in [-0.1, -0.05) is 17.7 Å². The standard InChI is InChI=1S/C12H7Br2ClN2O/c13-8-2-1-3-9(14)11(8)17-12(18)7-4-5-16-10(15)6-7/h1-6H,(H,17,18). The van der Waals surface area contributed by atoms with Gasteiger partial charge in [-0.15, -0.1) is 0 Å². The number of halogens is 3. The van der Waals surface area contributed by atoms with Crippen LogP contribution in [-0.2, 0) is 0 Å². The smallest absolute Gasteiger partial charge is 0.255 e. The third kappa shape index (κ3) is 3.10. The predicted octanol–water partition coefficient (Wildman–Crippen LogP) is 4.51. The highest BCUT2D eigenvalue weighted by molar-refractivity contribution is 9.11. The predicted molar refractivity (Wildman–Crippen MR) is 79.0 cm³/mol. The molecule has 1 aromatic carbocycles. The lowest BCUT2D eigenvalue weighted by atomic mass is 10.2. The van der Waals surface area contributed by atoms with Crippen molar-refractivity contribution in [3.05, 3.63) is 56.2 Å². The molecule has 0 bridgehead atoms. The number of rotatable bonds is 2. The van der Waals surface area contributed by atoms with Crippen LogP contribution in [0.3, 0.4) is 0 Å². The van der Waals surface area contributed by atoms with Crippen molar-refractivity contribution in [2.45, 2.75) is 0 Å². The van der Waals surface area contributed by atoms with Gasteiger partial charge in [0, 0.05) is 20.7 Å². The van der Waals surface area contributed by atoms with Crippen LogP contribution in [0.25, 0.3) is 0 Å². The zero-order valence-corrected chi connectivity index (χ0v) is 12.9. The molecule has 3 nitrogen and oxygen atoms in total. The molecule has 0 saturated heterocycles. The molecule has 1 amide bonds. The second-order valence-corrected chi connectivity index (χ2v) is 5.51. The SMILES string of the molecule is O=C(Nc1c(Br)cccc1Br)c1ccnc(Cl)c1. The molecule has 0 saturated carbocycles. The van der Waals surface area contributed by atoms with Gasteiger partial charge in [-0.05, 0) is 56.1 Å². The summed E-state index contributed by atoms with van der Waals surface area (Å²) in [6, 6.07) is 8.68. The quantitative estimate of drug-likeness (QED) is 0.767. The van der Waals surface area contributed by atoms with Crippen molar-refractivity contribution in [2.75, 3.05) is 5.32 Å². The van der Waals surface area contributed by atoms with E-state index < -0.39 is 0 Å². The second kappa shape index (κ2) is 5.82. The van der Waals surface area contributed by atoms with E-state index in [4.69, 9.17) is 11.6 Å². The van der Waals surface area contributed by atoms with Crippen LogP contribution in [0.15, 0.2) is 45.5 Å². The normalized spacial score (nSPS) is 10.2. The number of para-hydroxylation sites is 1. The Morgan fingerprint density at radius 2 is 1.89 bits per heavy atom. The molecule has 2 aromatic rings. The molecule has 1 aromatic heterocycles. The minimum atomic E-state index is -0.244. The van der Waals surface area contributed by atoms with Crippen LogP contribution in [0.5, 0.6) is 0 Å². The monoisotopic (exact) mass is 388 g/mol. The molecular formula is C12H7Br2ClN2O. The van der Waals surface area contributed by atoms with Crippen LogP contribution >= 0.6 is 43.5 Å². The van der Waals surface area contributed by atoms with Crippen LogP contribution in [0.4, 0.5) is 5.69 Å². The minimum Gasteiger partial charge on any atom is -0.320 e. The van der Waals surface area contributed by atoms with Gasteiger partial charge in [-0.3, -0.25) is 4.79 Å². The number of anilines is 1.